The van der Waals surface area contributed by atoms with Crippen LogP contribution in [-0.2, 0) is 0 Å². The SMILES string of the molecule is C/C(N=C([O-])c1ccc(Cl)cc1Cl)=N\[N+](C)(C)C. The second kappa shape index (κ2) is 5.69. The Bertz CT molecular complexity index is 505. The number of aliphatic imine (C=N–C) groups is 1. The van der Waals surface area contributed by atoms with Gasteiger partial charge in [0.05, 0.1) is 26.2 Å². The average Bonchev–Trinajstić information content (AvgIpc) is 2.13. The molecule has 0 saturated carbocycles. The van der Waals surface area contributed by atoms with Gasteiger partial charge in [-0.15, -0.1) is 0 Å². The Hall–Kier alpha value is -1.10. The van der Waals surface area contributed by atoms with E-state index < -0.39 is 5.90 Å². The van der Waals surface area contributed by atoms with Crippen molar-refractivity contribution in [2.75, 3.05) is 21.1 Å². The summed E-state index contributed by atoms with van der Waals surface area (Å²) in [5.41, 5.74) is 0.317. The van der Waals surface area contributed by atoms with Gasteiger partial charge in [0.2, 0.25) is 0 Å². The lowest BCUT2D eigenvalue weighted by molar-refractivity contribution is -0.877. The summed E-state index contributed by atoms with van der Waals surface area (Å²) >= 11 is 11.7. The lowest BCUT2D eigenvalue weighted by Gasteiger charge is -2.17. The quantitative estimate of drug-likeness (QED) is 0.356. The van der Waals surface area contributed by atoms with Gasteiger partial charge in [-0.2, -0.15) is 0 Å². The van der Waals surface area contributed by atoms with Crippen molar-refractivity contribution in [1.29, 1.82) is 0 Å². The van der Waals surface area contributed by atoms with Gasteiger partial charge in [0, 0.05) is 17.5 Å². The number of benzene rings is 1. The third-order valence-electron chi connectivity index (χ3n) is 1.87. The van der Waals surface area contributed by atoms with E-state index in [2.05, 4.69) is 10.1 Å². The van der Waals surface area contributed by atoms with Gasteiger partial charge in [-0.25, -0.2) is 9.58 Å². The first-order valence-electron chi connectivity index (χ1n) is 5.28. The Balaban J connectivity index is 3.07. The molecule has 0 fully saturated rings. The minimum Gasteiger partial charge on any atom is -0.858 e. The van der Waals surface area contributed by atoms with E-state index in [1.54, 1.807) is 19.1 Å². The van der Waals surface area contributed by atoms with Gasteiger partial charge in [0.25, 0.3) is 0 Å². The topological polar surface area (TPSA) is 47.8 Å². The van der Waals surface area contributed by atoms with Crippen molar-refractivity contribution in [2.24, 2.45) is 10.1 Å². The summed E-state index contributed by atoms with van der Waals surface area (Å²) in [7, 11) is 5.62. The highest BCUT2D eigenvalue weighted by molar-refractivity contribution is 6.36. The predicted octanol–water partition coefficient (Wildman–Crippen LogP) is 2.14. The van der Waals surface area contributed by atoms with Crippen LogP contribution in [0.3, 0.4) is 0 Å². The molecule has 0 spiro atoms. The summed E-state index contributed by atoms with van der Waals surface area (Å²) in [6.45, 7) is 1.67. The molecule has 0 unspecified atom stereocenters. The van der Waals surface area contributed by atoms with Crippen molar-refractivity contribution in [1.82, 2.24) is 0 Å². The molecule has 0 saturated heterocycles. The first kappa shape index (κ1) is 15.0. The maximum Gasteiger partial charge on any atom is 0.180 e. The molecule has 1 aromatic carbocycles. The zero-order valence-electron chi connectivity index (χ0n) is 10.7. The third kappa shape index (κ3) is 4.64. The average molecular weight is 288 g/mol. The van der Waals surface area contributed by atoms with Gasteiger partial charge in [0.1, 0.15) is 0 Å². The van der Waals surface area contributed by atoms with E-state index in [0.29, 0.717) is 21.0 Å². The highest BCUT2D eigenvalue weighted by Crippen LogP contribution is 2.20. The van der Waals surface area contributed by atoms with Gasteiger partial charge >= 0.3 is 0 Å². The minimum absolute atomic E-state index is 0.286. The molecular weight excluding hydrogens is 273 g/mol. The molecule has 0 aromatic heterocycles. The number of rotatable bonds is 2. The molecule has 0 amide bonds. The van der Waals surface area contributed by atoms with Crippen LogP contribution < -0.4 is 5.11 Å². The minimum atomic E-state index is -0.425. The number of quaternary nitrogens is 1. The van der Waals surface area contributed by atoms with E-state index >= 15 is 0 Å². The molecule has 0 heterocycles. The fourth-order valence-corrected chi connectivity index (χ4v) is 1.82. The fourth-order valence-electron chi connectivity index (χ4n) is 1.33. The molecule has 98 valence electrons. The van der Waals surface area contributed by atoms with Gasteiger partial charge in [-0.1, -0.05) is 34.4 Å². The number of halogens is 2. The summed E-state index contributed by atoms with van der Waals surface area (Å²) in [6, 6.07) is 4.66. The lowest BCUT2D eigenvalue weighted by Crippen LogP contribution is -2.29. The fraction of sp³-hybridized carbons (Fsp3) is 0.333. The maximum atomic E-state index is 11.9. The van der Waals surface area contributed by atoms with E-state index in [9.17, 15) is 5.11 Å². The third-order valence-corrected chi connectivity index (χ3v) is 2.42. The van der Waals surface area contributed by atoms with E-state index in [0.717, 1.165) is 0 Å². The van der Waals surface area contributed by atoms with Crippen LogP contribution in [0.15, 0.2) is 28.3 Å². The lowest BCUT2D eigenvalue weighted by atomic mass is 10.2. The van der Waals surface area contributed by atoms with Crippen molar-refractivity contribution < 1.29 is 9.70 Å². The van der Waals surface area contributed by atoms with Crippen molar-refractivity contribution in [3.8, 4) is 0 Å². The zero-order valence-corrected chi connectivity index (χ0v) is 12.2. The molecule has 6 heteroatoms. The molecule has 0 atom stereocenters. The monoisotopic (exact) mass is 287 g/mol. The largest absolute Gasteiger partial charge is 0.858 e. The molecule has 1 rings (SSSR count). The molecular formula is C12H15Cl2N3O. The van der Waals surface area contributed by atoms with E-state index in [1.165, 1.54) is 6.07 Å². The molecule has 0 aliphatic rings. The van der Waals surface area contributed by atoms with Crippen LogP contribution in [0.1, 0.15) is 12.5 Å². The van der Waals surface area contributed by atoms with Crippen molar-refractivity contribution >= 4 is 34.9 Å². The van der Waals surface area contributed by atoms with E-state index in [4.69, 9.17) is 23.2 Å². The zero-order chi connectivity index (χ0) is 13.9. The Morgan fingerprint density at radius 1 is 1.22 bits per heavy atom. The van der Waals surface area contributed by atoms with Crippen LogP contribution >= 0.6 is 23.2 Å². The highest BCUT2D eigenvalue weighted by Gasteiger charge is 2.06. The summed E-state index contributed by atoms with van der Waals surface area (Å²) < 4.78 is 0.344. The van der Waals surface area contributed by atoms with Crippen LogP contribution in [0.25, 0.3) is 0 Å². The molecule has 18 heavy (non-hydrogen) atoms. The van der Waals surface area contributed by atoms with Crippen LogP contribution in [-0.4, -0.2) is 37.5 Å². The summed E-state index contributed by atoms with van der Waals surface area (Å²) in [4.78, 5) is 3.89. The van der Waals surface area contributed by atoms with Gasteiger partial charge in [-0.05, 0) is 18.0 Å². The Morgan fingerprint density at radius 3 is 2.33 bits per heavy atom. The first-order valence-corrected chi connectivity index (χ1v) is 6.04. The summed E-state index contributed by atoms with van der Waals surface area (Å²) in [6.07, 6.45) is 0. The molecule has 1 aromatic rings. The molecule has 0 aliphatic carbocycles. The Kier molecular flexibility index (Phi) is 4.73. The number of nitrogens with zero attached hydrogens (tertiary/aromatic N) is 3. The second-order valence-corrected chi connectivity index (χ2v) is 5.47. The number of hydrogen-bond acceptors (Lipinski definition) is 2. The second-order valence-electron chi connectivity index (χ2n) is 4.63. The van der Waals surface area contributed by atoms with Gasteiger partial charge in [0.15, 0.2) is 5.84 Å². The summed E-state index contributed by atoms with van der Waals surface area (Å²) in [5, 5.41) is 16.9. The Labute approximate surface area is 117 Å². The molecule has 4 nitrogen and oxygen atoms in total. The number of hydrogen-bond donors (Lipinski definition) is 0. The predicted molar refractivity (Wildman–Crippen MR) is 74.1 cm³/mol. The highest BCUT2D eigenvalue weighted by atomic mass is 35.5. The maximum absolute atomic E-state index is 11.9. The molecule has 0 bridgehead atoms. The molecule has 0 N–H and O–H groups in total. The van der Waals surface area contributed by atoms with Crippen LogP contribution in [0.2, 0.25) is 10.0 Å². The standard InChI is InChI=1S/C12H15Cl2N3O/c1-8(16-17(2,3)4)15-12(18)10-6-5-9(13)7-11(10)14/h5-7H,1-4H3. The molecule has 0 aliphatic heterocycles. The smallest absolute Gasteiger partial charge is 0.180 e. The van der Waals surface area contributed by atoms with Gasteiger partial charge < -0.3 is 5.11 Å². The van der Waals surface area contributed by atoms with Crippen molar-refractivity contribution in [2.45, 2.75) is 6.92 Å². The van der Waals surface area contributed by atoms with E-state index in [-0.39, 0.29) is 5.02 Å². The summed E-state index contributed by atoms with van der Waals surface area (Å²) in [5.74, 6) is -0.0233. The molecule has 0 radical (unpaired) electrons. The van der Waals surface area contributed by atoms with Crippen LogP contribution in [0.4, 0.5) is 0 Å². The van der Waals surface area contributed by atoms with Crippen LogP contribution in [0.5, 0.6) is 0 Å². The normalized spacial score (nSPS) is 13.9. The van der Waals surface area contributed by atoms with Crippen molar-refractivity contribution in [3.05, 3.63) is 33.8 Å². The van der Waals surface area contributed by atoms with Crippen molar-refractivity contribution in [3.63, 3.8) is 0 Å². The van der Waals surface area contributed by atoms with Crippen LogP contribution in [0, 0.1) is 0 Å². The Morgan fingerprint density at radius 2 is 1.83 bits per heavy atom. The van der Waals surface area contributed by atoms with Gasteiger partial charge in [-0.3, -0.25) is 0 Å². The first-order chi connectivity index (χ1) is 8.19. The van der Waals surface area contributed by atoms with E-state index in [1.807, 2.05) is 21.1 Å². The number of amidine groups is 1.